The van der Waals surface area contributed by atoms with Crippen LogP contribution >= 0.6 is 11.8 Å². The highest BCUT2D eigenvalue weighted by atomic mass is 32.2. The monoisotopic (exact) mass is 1010 g/mol. The molecule has 0 bridgehead atoms. The van der Waals surface area contributed by atoms with Crippen molar-refractivity contribution in [2.24, 2.45) is 0 Å². The Morgan fingerprint density at radius 3 is 1.90 bits per heavy atom. The molecule has 0 spiro atoms. The number of aromatic nitrogens is 2. The Kier molecular flexibility index (Phi) is 26.0. The summed E-state index contributed by atoms with van der Waals surface area (Å²) >= 11 is 1.89. The number of carbonyl (C=O) groups excluding carboxylic acids is 5. The van der Waals surface area contributed by atoms with Gasteiger partial charge in [0.2, 0.25) is 29.6 Å². The first-order chi connectivity index (χ1) is 34.6. The SMILES string of the molecule is CCCC(=O)Nc1ccc(Nc2nc(Nc3ccc(OCCOCCNC(=O)CCCC(=O)NCCCOCCOCCOCCCNC(=O)CCCCC4SC[C@@H]5NC(=O)N[C@H]45)cc3)ncc2F)cc1. The normalized spacial score (nSPS) is 15.8. The van der Waals surface area contributed by atoms with E-state index in [2.05, 4.69) is 52.5 Å². The van der Waals surface area contributed by atoms with Crippen molar-refractivity contribution in [2.75, 3.05) is 101 Å². The Morgan fingerprint density at radius 2 is 1.23 bits per heavy atom. The van der Waals surface area contributed by atoms with E-state index in [1.165, 1.54) is 0 Å². The van der Waals surface area contributed by atoms with Crippen molar-refractivity contribution in [1.29, 1.82) is 0 Å². The van der Waals surface area contributed by atoms with Crippen molar-refractivity contribution in [3.63, 3.8) is 0 Å². The summed E-state index contributed by atoms with van der Waals surface area (Å²) in [7, 11) is 0. The first-order valence-electron chi connectivity index (χ1n) is 24.6. The minimum Gasteiger partial charge on any atom is -0.491 e. The number of amides is 6. The fourth-order valence-corrected chi connectivity index (χ4v) is 8.92. The van der Waals surface area contributed by atoms with Gasteiger partial charge >= 0.3 is 6.03 Å². The molecule has 0 saturated carbocycles. The van der Waals surface area contributed by atoms with Gasteiger partial charge in [-0.15, -0.1) is 0 Å². The maximum Gasteiger partial charge on any atom is 0.315 e. The van der Waals surface area contributed by atoms with E-state index in [0.29, 0.717) is 133 Å². The van der Waals surface area contributed by atoms with E-state index in [9.17, 15) is 28.4 Å². The second-order valence-corrected chi connectivity index (χ2v) is 18.1. The molecule has 1 unspecified atom stereocenters. The first-order valence-corrected chi connectivity index (χ1v) is 25.7. The smallest absolute Gasteiger partial charge is 0.315 e. The van der Waals surface area contributed by atoms with Gasteiger partial charge in [-0.1, -0.05) is 13.3 Å². The molecule has 2 aliphatic heterocycles. The van der Waals surface area contributed by atoms with Crippen LogP contribution in [0.2, 0.25) is 0 Å². The van der Waals surface area contributed by atoms with Gasteiger partial charge in [0.15, 0.2) is 11.6 Å². The largest absolute Gasteiger partial charge is 0.491 e. The lowest BCUT2D eigenvalue weighted by atomic mass is 10.0. The molecular weight excluding hydrogens is 940 g/mol. The van der Waals surface area contributed by atoms with E-state index in [-0.39, 0.29) is 66.4 Å². The van der Waals surface area contributed by atoms with Crippen LogP contribution in [0.5, 0.6) is 5.75 Å². The summed E-state index contributed by atoms with van der Waals surface area (Å²) in [6.45, 7) is 7.10. The molecule has 3 heterocycles. The highest BCUT2D eigenvalue weighted by Gasteiger charge is 2.42. The molecule has 20 nitrogen and oxygen atoms in total. The number of hydrogen-bond donors (Lipinski definition) is 8. The molecule has 2 aliphatic rings. The van der Waals surface area contributed by atoms with Gasteiger partial charge in [-0.05, 0) is 87.1 Å². The molecule has 2 fully saturated rings. The van der Waals surface area contributed by atoms with Gasteiger partial charge in [-0.3, -0.25) is 19.2 Å². The summed E-state index contributed by atoms with van der Waals surface area (Å²) in [5, 5.41) is 23.8. The van der Waals surface area contributed by atoms with Crippen molar-refractivity contribution < 1.29 is 52.0 Å². The predicted octanol–water partition coefficient (Wildman–Crippen LogP) is 5.31. The molecular formula is C49H71FN10O10S. The van der Waals surface area contributed by atoms with Gasteiger partial charge in [-0.2, -0.15) is 16.7 Å². The molecule has 1 aromatic heterocycles. The van der Waals surface area contributed by atoms with Crippen LogP contribution in [0.25, 0.3) is 0 Å². The number of thioether (sulfide) groups is 1. The quantitative estimate of drug-likeness (QED) is 0.0269. The third-order valence-corrected chi connectivity index (χ3v) is 12.5. The number of benzene rings is 2. The average Bonchev–Trinajstić information content (AvgIpc) is 3.92. The fourth-order valence-electron chi connectivity index (χ4n) is 7.38. The number of urea groups is 1. The van der Waals surface area contributed by atoms with E-state index >= 15 is 0 Å². The Bertz CT molecular complexity index is 2080. The van der Waals surface area contributed by atoms with E-state index in [4.69, 9.17) is 23.7 Å². The molecule has 8 N–H and O–H groups in total. The van der Waals surface area contributed by atoms with Gasteiger partial charge < -0.3 is 66.2 Å². The van der Waals surface area contributed by atoms with Crippen molar-refractivity contribution in [3.8, 4) is 5.75 Å². The Labute approximate surface area is 419 Å². The molecule has 0 aliphatic carbocycles. The summed E-state index contributed by atoms with van der Waals surface area (Å²) in [5.41, 5.74) is 1.90. The van der Waals surface area contributed by atoms with Gasteiger partial charge in [0.1, 0.15) is 12.4 Å². The Balaban J connectivity index is 0.750. The lowest BCUT2D eigenvalue weighted by molar-refractivity contribution is -0.123. The number of nitrogens with one attached hydrogen (secondary N) is 8. The maximum absolute atomic E-state index is 14.5. The number of hydrogen-bond acceptors (Lipinski definition) is 15. The number of nitrogens with zero attached hydrogens (tertiary/aromatic N) is 2. The molecule has 3 atom stereocenters. The van der Waals surface area contributed by atoms with Crippen LogP contribution in [-0.2, 0) is 38.1 Å². The topological polar surface area (TPSA) is 254 Å². The first kappa shape index (κ1) is 56.1. The standard InChI is InChI=1S/C49H71FN10O10S/c1-2-8-45(64)55-35-13-15-36(16-14-35)56-47-39(50)33-54-48(60-47)57-37-17-19-38(20-18-37)70-32-31-68-26-23-53-44(63)12-5-11-43(62)52-22-7-25-67-28-30-69-29-27-66-24-6-21-51-42(61)10-4-3-9-41-46-40(34-71-41)58-49(65)59-46/h13-20,33,40-41,46H,2-12,21-32,34H2,1H3,(H,51,61)(H,52,62)(H,53,63)(H,55,64)(H2,58,59,65)(H2,54,56,57,60)/t40-,41?,46-/m0/s1. The van der Waals surface area contributed by atoms with E-state index in [0.717, 1.165) is 44.1 Å². The van der Waals surface area contributed by atoms with Crippen molar-refractivity contribution in [3.05, 3.63) is 60.5 Å². The van der Waals surface area contributed by atoms with Crippen LogP contribution in [0.4, 0.5) is 38.0 Å². The summed E-state index contributed by atoms with van der Waals surface area (Å²) in [6.07, 6.45) is 7.90. The summed E-state index contributed by atoms with van der Waals surface area (Å²) in [4.78, 5) is 68.1. The molecule has 2 saturated heterocycles. The number of halogens is 1. The van der Waals surface area contributed by atoms with Crippen molar-refractivity contribution in [1.82, 2.24) is 36.6 Å². The summed E-state index contributed by atoms with van der Waals surface area (Å²) in [6, 6.07) is 14.3. The zero-order valence-corrected chi connectivity index (χ0v) is 41.5. The fraction of sp³-hybridized carbons (Fsp3) is 0.571. The average molecular weight is 1010 g/mol. The number of ether oxygens (including phenoxy) is 5. The number of fused-ring (bicyclic) bond motifs is 1. The predicted molar refractivity (Wildman–Crippen MR) is 270 cm³/mol. The highest BCUT2D eigenvalue weighted by Crippen LogP contribution is 2.33. The van der Waals surface area contributed by atoms with Gasteiger partial charge in [0.25, 0.3) is 0 Å². The number of carbonyl (C=O) groups is 5. The van der Waals surface area contributed by atoms with Crippen LogP contribution in [0.1, 0.15) is 77.6 Å². The third kappa shape index (κ3) is 22.9. The van der Waals surface area contributed by atoms with Crippen LogP contribution < -0.4 is 47.3 Å². The van der Waals surface area contributed by atoms with Gasteiger partial charge in [-0.25, -0.2) is 14.2 Å². The number of rotatable bonds is 37. The lowest BCUT2D eigenvalue weighted by Crippen LogP contribution is -2.36. The summed E-state index contributed by atoms with van der Waals surface area (Å²) in [5.74, 6) is 0.852. The highest BCUT2D eigenvalue weighted by molar-refractivity contribution is 8.00. The third-order valence-electron chi connectivity index (χ3n) is 11.0. The van der Waals surface area contributed by atoms with Crippen LogP contribution in [0.3, 0.4) is 0 Å². The Morgan fingerprint density at radius 1 is 0.648 bits per heavy atom. The summed E-state index contributed by atoms with van der Waals surface area (Å²) < 4.78 is 42.5. The zero-order chi connectivity index (χ0) is 50.3. The number of anilines is 5. The van der Waals surface area contributed by atoms with Crippen LogP contribution in [0.15, 0.2) is 54.7 Å². The van der Waals surface area contributed by atoms with Crippen LogP contribution in [0, 0.1) is 5.82 Å². The maximum atomic E-state index is 14.5. The van der Waals surface area contributed by atoms with Crippen molar-refractivity contribution in [2.45, 2.75) is 94.9 Å². The number of unbranched alkanes of at least 4 members (excludes halogenated alkanes) is 1. The molecule has 2 aromatic carbocycles. The van der Waals surface area contributed by atoms with Crippen LogP contribution in [-0.4, -0.2) is 142 Å². The molecule has 0 radical (unpaired) electrons. The van der Waals surface area contributed by atoms with Gasteiger partial charge in [0, 0.05) is 86.6 Å². The Hall–Kier alpha value is -5.81. The molecule has 390 valence electrons. The second kappa shape index (κ2) is 33.0. The molecule has 22 heteroatoms. The minimum absolute atomic E-state index is 0.0106. The molecule has 5 rings (SSSR count). The molecule has 71 heavy (non-hydrogen) atoms. The van der Waals surface area contributed by atoms with E-state index in [1.807, 2.05) is 18.7 Å². The minimum atomic E-state index is -0.624. The molecule has 3 aromatic rings. The van der Waals surface area contributed by atoms with Crippen molar-refractivity contribution >= 4 is 70.3 Å². The van der Waals surface area contributed by atoms with Gasteiger partial charge in [0.05, 0.1) is 57.9 Å². The molecule has 6 amide bonds. The lowest BCUT2D eigenvalue weighted by Gasteiger charge is -2.16. The second-order valence-electron chi connectivity index (χ2n) is 16.8. The van der Waals surface area contributed by atoms with E-state index < -0.39 is 5.82 Å². The van der Waals surface area contributed by atoms with E-state index in [1.54, 1.807) is 48.5 Å². The zero-order valence-electron chi connectivity index (χ0n) is 40.7.